The van der Waals surface area contributed by atoms with Crippen LogP contribution in [0.1, 0.15) is 34.9 Å². The summed E-state index contributed by atoms with van der Waals surface area (Å²) in [6.45, 7) is 0.438. The van der Waals surface area contributed by atoms with Gasteiger partial charge in [-0.3, -0.25) is 14.3 Å². The molecule has 4 rings (SSSR count). The van der Waals surface area contributed by atoms with E-state index in [0.29, 0.717) is 45.7 Å². The summed E-state index contributed by atoms with van der Waals surface area (Å²) in [5, 5.41) is 14.4. The zero-order valence-electron chi connectivity index (χ0n) is 18.9. The van der Waals surface area contributed by atoms with Crippen molar-refractivity contribution >= 4 is 58.2 Å². The minimum absolute atomic E-state index is 0.0362. The Hall–Kier alpha value is -2.23. The molecular formula is C23H23Cl4N5O3. The number of carbonyl (C=O) groups excluding carboxylic acids is 2. The summed E-state index contributed by atoms with van der Waals surface area (Å²) >= 11 is 24.9. The lowest BCUT2D eigenvalue weighted by atomic mass is 9.81. The van der Waals surface area contributed by atoms with Gasteiger partial charge >= 0.3 is 0 Å². The molecule has 12 heteroatoms. The van der Waals surface area contributed by atoms with Crippen molar-refractivity contribution in [3.8, 4) is 11.3 Å². The standard InChI is InChI=1S/C23H23Cl4N5O3/c1-28-20(33)7-12-6-13(11-3-4-15(24)16(25)5-11)18(10-29-12)31-23(34)19-8-14(22(27)35-19)21-17(26)9-30-32(21)2/h3-5,8-9,12-13,18,29H,6-7,10H2,1-2H3,(H,28,33)(H,31,34)/t12?,13-,18+/m0/s1. The topological polar surface area (TPSA) is 101 Å². The summed E-state index contributed by atoms with van der Waals surface area (Å²) in [6.07, 6.45) is 2.41. The molecule has 1 aromatic carbocycles. The summed E-state index contributed by atoms with van der Waals surface area (Å²) < 4.78 is 7.11. The molecule has 3 heterocycles. The van der Waals surface area contributed by atoms with Crippen LogP contribution in [0, 0.1) is 0 Å². The molecule has 1 aliphatic heterocycles. The van der Waals surface area contributed by atoms with Crippen LogP contribution in [0.5, 0.6) is 0 Å². The predicted molar refractivity (Wildman–Crippen MR) is 136 cm³/mol. The van der Waals surface area contributed by atoms with E-state index in [0.717, 1.165) is 5.56 Å². The smallest absolute Gasteiger partial charge is 0.287 e. The van der Waals surface area contributed by atoms with Crippen molar-refractivity contribution in [3.63, 3.8) is 0 Å². The number of furan rings is 1. The van der Waals surface area contributed by atoms with Crippen LogP contribution in [-0.2, 0) is 11.8 Å². The first-order chi connectivity index (χ1) is 16.7. The minimum atomic E-state index is -0.432. The lowest BCUT2D eigenvalue weighted by Crippen LogP contribution is -2.54. The number of hydrogen-bond acceptors (Lipinski definition) is 5. The van der Waals surface area contributed by atoms with Gasteiger partial charge in [-0.1, -0.05) is 40.9 Å². The number of halogens is 4. The van der Waals surface area contributed by atoms with Crippen LogP contribution in [0.3, 0.4) is 0 Å². The van der Waals surface area contributed by atoms with E-state index in [2.05, 4.69) is 21.0 Å². The first kappa shape index (κ1) is 25.9. The van der Waals surface area contributed by atoms with Gasteiger partial charge in [0.1, 0.15) is 0 Å². The largest absolute Gasteiger partial charge is 0.439 e. The maximum atomic E-state index is 13.2. The molecule has 3 aromatic rings. The fourth-order valence-corrected chi connectivity index (χ4v) is 5.13. The van der Waals surface area contributed by atoms with Crippen molar-refractivity contribution in [1.82, 2.24) is 25.7 Å². The van der Waals surface area contributed by atoms with Crippen LogP contribution in [0.25, 0.3) is 11.3 Å². The number of piperidine rings is 1. The number of aryl methyl sites for hydroxylation is 1. The van der Waals surface area contributed by atoms with E-state index in [1.807, 2.05) is 6.07 Å². The fourth-order valence-electron chi connectivity index (χ4n) is 4.33. The number of nitrogens with zero attached hydrogens (tertiary/aromatic N) is 2. The fraction of sp³-hybridized carbons (Fsp3) is 0.348. The zero-order chi connectivity index (χ0) is 25.3. The van der Waals surface area contributed by atoms with Crippen molar-refractivity contribution < 1.29 is 14.0 Å². The molecule has 0 radical (unpaired) electrons. The Kier molecular flexibility index (Phi) is 7.98. The van der Waals surface area contributed by atoms with Gasteiger partial charge in [-0.25, -0.2) is 0 Å². The molecule has 35 heavy (non-hydrogen) atoms. The van der Waals surface area contributed by atoms with Crippen LogP contribution in [-0.4, -0.2) is 47.3 Å². The lowest BCUT2D eigenvalue weighted by molar-refractivity contribution is -0.121. The number of aromatic nitrogens is 2. The molecule has 2 aromatic heterocycles. The van der Waals surface area contributed by atoms with E-state index in [-0.39, 0.29) is 34.9 Å². The molecule has 1 aliphatic rings. The number of carbonyl (C=O) groups is 2. The monoisotopic (exact) mass is 557 g/mol. The summed E-state index contributed by atoms with van der Waals surface area (Å²) in [5.41, 5.74) is 1.92. The molecule has 3 atom stereocenters. The molecular weight excluding hydrogens is 536 g/mol. The Labute approximate surface area is 222 Å². The van der Waals surface area contributed by atoms with Gasteiger partial charge in [0.2, 0.25) is 11.1 Å². The average Bonchev–Trinajstić information content (AvgIpc) is 3.37. The number of amides is 2. The van der Waals surface area contributed by atoms with E-state index in [9.17, 15) is 9.59 Å². The molecule has 0 spiro atoms. The third-order valence-electron chi connectivity index (χ3n) is 6.11. The number of hydrogen-bond donors (Lipinski definition) is 3. The molecule has 0 aliphatic carbocycles. The zero-order valence-corrected chi connectivity index (χ0v) is 21.9. The summed E-state index contributed by atoms with van der Waals surface area (Å²) in [7, 11) is 3.32. The van der Waals surface area contributed by atoms with Crippen LogP contribution in [0.2, 0.25) is 20.3 Å². The quantitative estimate of drug-likeness (QED) is 0.408. The number of rotatable bonds is 6. The lowest BCUT2D eigenvalue weighted by Gasteiger charge is -2.37. The third kappa shape index (κ3) is 5.62. The van der Waals surface area contributed by atoms with Crippen molar-refractivity contribution in [1.29, 1.82) is 0 Å². The summed E-state index contributed by atoms with van der Waals surface area (Å²) in [5.74, 6) is -0.578. The van der Waals surface area contributed by atoms with E-state index in [1.54, 1.807) is 37.0 Å². The number of benzene rings is 1. The van der Waals surface area contributed by atoms with Crippen LogP contribution in [0.15, 0.2) is 34.9 Å². The highest BCUT2D eigenvalue weighted by Gasteiger charge is 2.34. The molecule has 3 N–H and O–H groups in total. The molecule has 1 fully saturated rings. The summed E-state index contributed by atoms with van der Waals surface area (Å²) in [4.78, 5) is 25.1. The van der Waals surface area contributed by atoms with E-state index >= 15 is 0 Å². The van der Waals surface area contributed by atoms with Crippen LogP contribution >= 0.6 is 46.4 Å². The minimum Gasteiger partial charge on any atom is -0.439 e. The molecule has 2 amide bonds. The van der Waals surface area contributed by atoms with Gasteiger partial charge in [0.25, 0.3) is 5.91 Å². The number of nitrogens with one attached hydrogen (secondary N) is 3. The predicted octanol–water partition coefficient (Wildman–Crippen LogP) is 4.67. The summed E-state index contributed by atoms with van der Waals surface area (Å²) in [6, 6.07) is 6.56. The Morgan fingerprint density at radius 2 is 1.94 bits per heavy atom. The highest BCUT2D eigenvalue weighted by Crippen LogP contribution is 2.36. The molecule has 1 unspecified atom stereocenters. The molecule has 1 saturated heterocycles. The van der Waals surface area contributed by atoms with Crippen molar-refractivity contribution in [2.45, 2.75) is 30.8 Å². The first-order valence-electron chi connectivity index (χ1n) is 10.8. The van der Waals surface area contributed by atoms with Crippen molar-refractivity contribution in [2.24, 2.45) is 7.05 Å². The SMILES string of the molecule is CNC(=O)CC1C[C@@H](c2ccc(Cl)c(Cl)c2)[C@H](NC(=O)c2cc(-c3c(Cl)cnn3C)c(Cl)o2)CN1. The van der Waals surface area contributed by atoms with Gasteiger partial charge in [0.05, 0.1) is 32.5 Å². The molecule has 186 valence electrons. The van der Waals surface area contributed by atoms with Crippen LogP contribution in [0.4, 0.5) is 0 Å². The third-order valence-corrected chi connectivity index (χ3v) is 7.41. The first-order valence-corrected chi connectivity index (χ1v) is 12.4. The second-order valence-corrected chi connectivity index (χ2v) is 9.91. The molecule has 0 bridgehead atoms. The van der Waals surface area contributed by atoms with Gasteiger partial charge in [0, 0.05) is 51.1 Å². The van der Waals surface area contributed by atoms with Gasteiger partial charge in [-0.05, 0) is 35.7 Å². The Morgan fingerprint density at radius 1 is 1.17 bits per heavy atom. The second-order valence-electron chi connectivity index (χ2n) is 8.34. The Balaban J connectivity index is 1.57. The Morgan fingerprint density at radius 3 is 2.60 bits per heavy atom. The van der Waals surface area contributed by atoms with Gasteiger partial charge in [-0.2, -0.15) is 5.10 Å². The highest BCUT2D eigenvalue weighted by atomic mass is 35.5. The normalized spacial score (nSPS) is 20.0. The Bertz CT molecular complexity index is 1240. The van der Waals surface area contributed by atoms with E-state index in [4.69, 9.17) is 50.8 Å². The highest BCUT2D eigenvalue weighted by molar-refractivity contribution is 6.42. The molecule has 8 nitrogen and oxygen atoms in total. The maximum absolute atomic E-state index is 13.2. The van der Waals surface area contributed by atoms with Gasteiger partial charge < -0.3 is 20.4 Å². The average molecular weight is 559 g/mol. The van der Waals surface area contributed by atoms with Crippen molar-refractivity contribution in [3.05, 3.63) is 62.1 Å². The van der Waals surface area contributed by atoms with Gasteiger partial charge in [-0.15, -0.1) is 0 Å². The molecule has 0 saturated carbocycles. The maximum Gasteiger partial charge on any atom is 0.287 e. The second kappa shape index (κ2) is 10.8. The van der Waals surface area contributed by atoms with Crippen molar-refractivity contribution in [2.75, 3.05) is 13.6 Å². The van der Waals surface area contributed by atoms with E-state index in [1.165, 1.54) is 6.20 Å². The van der Waals surface area contributed by atoms with Crippen LogP contribution < -0.4 is 16.0 Å². The van der Waals surface area contributed by atoms with E-state index < -0.39 is 5.91 Å². The van der Waals surface area contributed by atoms with Gasteiger partial charge in [0.15, 0.2) is 5.76 Å².